The largest absolute Gasteiger partial charge is 0.497 e. The summed E-state index contributed by atoms with van der Waals surface area (Å²) in [4.78, 5) is 50.1. The van der Waals surface area contributed by atoms with Gasteiger partial charge in [0.1, 0.15) is 35.2 Å². The van der Waals surface area contributed by atoms with E-state index >= 15 is 0 Å². The Morgan fingerprint density at radius 1 is 0.739 bits per heavy atom. The van der Waals surface area contributed by atoms with Gasteiger partial charge in [0.25, 0.3) is 0 Å². The highest BCUT2D eigenvalue weighted by Crippen LogP contribution is 2.36. The number of aryl methyl sites for hydroxylation is 2. The van der Waals surface area contributed by atoms with Gasteiger partial charge in [-0.2, -0.15) is 0 Å². The first-order valence-electron chi connectivity index (χ1n) is 23.0. The lowest BCUT2D eigenvalue weighted by Gasteiger charge is -2.14. The maximum atomic E-state index is 13.4. The molecule has 18 heteroatoms. The molecule has 2 unspecified atom stereocenters. The van der Waals surface area contributed by atoms with Gasteiger partial charge < -0.3 is 25.4 Å². The highest BCUT2D eigenvalue weighted by atomic mass is 35.5. The fourth-order valence-electron chi connectivity index (χ4n) is 8.23. The Kier molecular flexibility index (Phi) is 17.0. The average molecular weight is 973 g/mol. The summed E-state index contributed by atoms with van der Waals surface area (Å²) in [5, 5.41) is 27.2. The number of allylic oxidation sites excluding steroid dienone is 4. The van der Waals surface area contributed by atoms with Crippen LogP contribution in [-0.4, -0.2) is 98.3 Å². The smallest absolute Gasteiger partial charge is 0.222 e. The number of carbonyl (C=O) groups excluding carboxylic acids is 3. The van der Waals surface area contributed by atoms with Crippen molar-refractivity contribution in [3.63, 3.8) is 0 Å². The molecule has 3 amide bonds. The van der Waals surface area contributed by atoms with Crippen molar-refractivity contribution in [1.29, 1.82) is 0 Å². The third kappa shape index (κ3) is 12.1. The van der Waals surface area contributed by atoms with E-state index in [1.54, 1.807) is 14.2 Å². The zero-order valence-corrected chi connectivity index (χ0v) is 41.4. The van der Waals surface area contributed by atoms with Crippen LogP contribution in [0.5, 0.6) is 11.5 Å². The van der Waals surface area contributed by atoms with E-state index in [0.29, 0.717) is 83.1 Å². The van der Waals surface area contributed by atoms with Gasteiger partial charge in [-0.05, 0) is 107 Å². The van der Waals surface area contributed by atoms with Crippen molar-refractivity contribution < 1.29 is 23.9 Å². The molecule has 5 aromatic rings. The summed E-state index contributed by atoms with van der Waals surface area (Å²) >= 11 is 7.74. The summed E-state index contributed by atoms with van der Waals surface area (Å²) in [6.45, 7) is 13.3. The average Bonchev–Trinajstić information content (AvgIpc) is 3.85. The Bertz CT molecular complexity index is 2830. The standard InChI is InChI=1S/C51H58ClN11O5S/c1-8-34(48-39-27-37(67-6)19-21-43(39)62-32(4)58-60-50(62)41(56-48)29-46(65)53-9-2)14-13-31(3)69-26-23-45(64)54-24-11-10-12-25-55-47(66)30-42-51-61-59-33(5)63(51)44-22-20-38(68-7)28-40(44)49(57-42)35-15-17-36(52)18-16-35/h8,13-22,27-28,41-42H,3,9-12,23-26,29-30H2,1-2,4-7H3,(H,53,65)(H,54,64)(H,55,66). The summed E-state index contributed by atoms with van der Waals surface area (Å²) in [5.74, 6) is 4.11. The van der Waals surface area contributed by atoms with Crippen molar-refractivity contribution in [1.82, 2.24) is 45.5 Å². The second kappa shape index (κ2) is 23.4. The van der Waals surface area contributed by atoms with Crippen LogP contribution in [0.2, 0.25) is 5.02 Å². The van der Waals surface area contributed by atoms with Crippen LogP contribution in [0.4, 0.5) is 0 Å². The van der Waals surface area contributed by atoms with Gasteiger partial charge >= 0.3 is 0 Å². The Labute approximate surface area is 411 Å². The number of thioether (sulfide) groups is 1. The van der Waals surface area contributed by atoms with Crippen LogP contribution in [0.3, 0.4) is 0 Å². The molecule has 2 aliphatic heterocycles. The normalized spacial score (nSPS) is 15.1. The fraction of sp³-hybridized carbons (Fsp3) is 0.353. The molecule has 0 aliphatic carbocycles. The number of aromatic nitrogens is 6. The molecule has 0 saturated heterocycles. The van der Waals surface area contributed by atoms with Gasteiger partial charge in [-0.15, -0.1) is 32.2 Å². The summed E-state index contributed by atoms with van der Waals surface area (Å²) in [6.07, 6.45) is 8.72. The maximum absolute atomic E-state index is 13.4. The van der Waals surface area contributed by atoms with E-state index < -0.39 is 12.1 Å². The van der Waals surface area contributed by atoms with Crippen molar-refractivity contribution in [2.45, 2.75) is 78.3 Å². The van der Waals surface area contributed by atoms with E-state index in [2.05, 4.69) is 42.9 Å². The molecule has 2 aliphatic rings. The zero-order valence-electron chi connectivity index (χ0n) is 39.8. The SMILES string of the molecule is C=C(C=CC(=CC)C1=NC(CC(=O)NCC)c2nnc(C)n2-c2ccc(OC)cc21)SCCC(=O)NCCCCCNC(=O)CC1N=C(c2ccc(Cl)cc2)c2cc(OC)ccc2-n2c(C)nnc21. The number of hydrogen-bond acceptors (Lipinski definition) is 12. The number of unbranched alkanes of at least 4 members (excludes halogenated alkanes) is 2. The number of amides is 3. The van der Waals surface area contributed by atoms with Crippen molar-refractivity contribution in [3.8, 4) is 22.9 Å². The van der Waals surface area contributed by atoms with E-state index in [1.807, 2.05) is 116 Å². The lowest BCUT2D eigenvalue weighted by Crippen LogP contribution is -2.27. The van der Waals surface area contributed by atoms with Gasteiger partial charge in [-0.1, -0.05) is 42.5 Å². The van der Waals surface area contributed by atoms with Crippen molar-refractivity contribution in [2.75, 3.05) is 39.6 Å². The van der Waals surface area contributed by atoms with Crippen LogP contribution in [0.15, 0.2) is 106 Å². The maximum Gasteiger partial charge on any atom is 0.222 e. The van der Waals surface area contributed by atoms with Crippen LogP contribution in [0.1, 0.15) is 104 Å². The number of hydrogen-bond donors (Lipinski definition) is 3. The van der Waals surface area contributed by atoms with E-state index in [4.69, 9.17) is 31.1 Å². The molecule has 7 rings (SSSR count). The number of nitrogens with zero attached hydrogens (tertiary/aromatic N) is 8. The summed E-state index contributed by atoms with van der Waals surface area (Å²) in [7, 11) is 3.24. The Morgan fingerprint density at radius 3 is 1.90 bits per heavy atom. The predicted octanol–water partition coefficient (Wildman–Crippen LogP) is 8.03. The van der Waals surface area contributed by atoms with E-state index in [-0.39, 0.29) is 30.6 Å². The van der Waals surface area contributed by atoms with E-state index in [0.717, 1.165) is 57.8 Å². The minimum atomic E-state index is -0.595. The number of halogens is 1. The molecule has 0 bridgehead atoms. The van der Waals surface area contributed by atoms with Crippen LogP contribution < -0.4 is 25.4 Å². The molecule has 360 valence electrons. The second-order valence-corrected chi connectivity index (χ2v) is 18.1. The first-order chi connectivity index (χ1) is 33.4. The summed E-state index contributed by atoms with van der Waals surface area (Å²) < 4.78 is 15.1. The number of ether oxygens (including phenoxy) is 2. The molecule has 0 saturated carbocycles. The number of carbonyl (C=O) groups is 3. The number of rotatable bonds is 21. The van der Waals surface area contributed by atoms with Crippen molar-refractivity contribution >= 4 is 52.5 Å². The molecule has 3 aromatic carbocycles. The van der Waals surface area contributed by atoms with E-state index in [9.17, 15) is 14.4 Å². The molecule has 3 N–H and O–H groups in total. The lowest BCUT2D eigenvalue weighted by atomic mass is 9.99. The summed E-state index contributed by atoms with van der Waals surface area (Å²) in [6, 6.07) is 17.8. The van der Waals surface area contributed by atoms with Crippen molar-refractivity contribution in [2.24, 2.45) is 9.98 Å². The van der Waals surface area contributed by atoms with Gasteiger partial charge in [0.2, 0.25) is 17.7 Å². The number of nitrogens with one attached hydrogen (secondary N) is 3. The summed E-state index contributed by atoms with van der Waals surface area (Å²) in [5.41, 5.74) is 6.39. The highest BCUT2D eigenvalue weighted by molar-refractivity contribution is 8.03. The van der Waals surface area contributed by atoms with Crippen LogP contribution in [0, 0.1) is 13.8 Å². The number of benzene rings is 3. The second-order valence-electron chi connectivity index (χ2n) is 16.4. The first-order valence-corrected chi connectivity index (χ1v) is 24.4. The molecular formula is C51H58ClN11O5S. The van der Waals surface area contributed by atoms with Gasteiger partial charge in [0.15, 0.2) is 11.6 Å². The van der Waals surface area contributed by atoms with Gasteiger partial charge in [0, 0.05) is 58.4 Å². The molecule has 69 heavy (non-hydrogen) atoms. The molecule has 0 radical (unpaired) electrons. The van der Waals surface area contributed by atoms with E-state index in [1.165, 1.54) is 11.8 Å². The van der Waals surface area contributed by atoms with Gasteiger partial charge in [0.05, 0.1) is 49.9 Å². The van der Waals surface area contributed by atoms with Gasteiger partial charge in [-0.25, -0.2) is 0 Å². The zero-order chi connectivity index (χ0) is 49.0. The third-order valence-electron chi connectivity index (χ3n) is 11.7. The van der Waals surface area contributed by atoms with Crippen LogP contribution >= 0.6 is 23.4 Å². The minimum absolute atomic E-state index is 0.0360. The minimum Gasteiger partial charge on any atom is -0.497 e. The quantitative estimate of drug-likeness (QED) is 0.0479. The molecule has 0 spiro atoms. The monoisotopic (exact) mass is 971 g/mol. The molecule has 16 nitrogen and oxygen atoms in total. The Balaban J connectivity index is 0.870. The molecule has 0 fully saturated rings. The Hall–Kier alpha value is -6.85. The number of aliphatic imine (C=N–C) groups is 2. The Morgan fingerprint density at radius 2 is 1.30 bits per heavy atom. The molecule has 2 aromatic heterocycles. The number of fused-ring (bicyclic) bond motifs is 6. The lowest BCUT2D eigenvalue weighted by molar-refractivity contribution is -0.122. The third-order valence-corrected chi connectivity index (χ3v) is 12.8. The van der Waals surface area contributed by atoms with Gasteiger partial charge in [-0.3, -0.25) is 33.5 Å². The number of methoxy groups -OCH3 is 2. The van der Waals surface area contributed by atoms with Crippen LogP contribution in [0.25, 0.3) is 11.4 Å². The molecular weight excluding hydrogens is 914 g/mol. The fourth-order valence-corrected chi connectivity index (χ4v) is 9.07. The predicted molar refractivity (Wildman–Crippen MR) is 271 cm³/mol. The van der Waals surface area contributed by atoms with Crippen LogP contribution in [-0.2, 0) is 14.4 Å². The highest BCUT2D eigenvalue weighted by Gasteiger charge is 2.32. The molecule has 2 atom stereocenters. The first kappa shape index (κ1) is 50.0. The van der Waals surface area contributed by atoms with Crippen molar-refractivity contribution in [3.05, 3.63) is 141 Å². The molecule has 4 heterocycles. The topological polar surface area (TPSA) is 192 Å².